The van der Waals surface area contributed by atoms with Crippen LogP contribution in [0.5, 0.6) is 0 Å². The third-order valence-electron chi connectivity index (χ3n) is 2.48. The minimum absolute atomic E-state index is 0.0629. The topological polar surface area (TPSA) is 37.3 Å². The number of carboxylic acids is 1. The molecule has 2 nitrogen and oxygen atoms in total. The lowest BCUT2D eigenvalue weighted by molar-refractivity contribution is 0.0692. The number of halogens is 2. The van der Waals surface area contributed by atoms with E-state index in [-0.39, 0.29) is 11.4 Å². The van der Waals surface area contributed by atoms with E-state index in [1.54, 1.807) is 12.1 Å². The molecule has 0 aliphatic rings. The fourth-order valence-electron chi connectivity index (χ4n) is 1.54. The molecule has 0 saturated carbocycles. The van der Waals surface area contributed by atoms with Gasteiger partial charge in [-0.3, -0.25) is 0 Å². The second-order valence-corrected chi connectivity index (χ2v) is 4.88. The van der Waals surface area contributed by atoms with Crippen LogP contribution in [0.3, 0.4) is 0 Å². The van der Waals surface area contributed by atoms with Gasteiger partial charge in [-0.2, -0.15) is 0 Å². The van der Waals surface area contributed by atoms with E-state index in [1.807, 2.05) is 0 Å². The normalized spacial score (nSPS) is 10.4. The van der Waals surface area contributed by atoms with Gasteiger partial charge in [-0.15, -0.1) is 11.8 Å². The van der Waals surface area contributed by atoms with Crippen LogP contribution in [0.15, 0.2) is 47.4 Å². The summed E-state index contributed by atoms with van der Waals surface area (Å²) >= 11 is 1.27. The molecule has 2 aromatic carbocycles. The number of hydrogen-bond donors (Lipinski definition) is 1. The summed E-state index contributed by atoms with van der Waals surface area (Å²) in [5, 5.41) is 8.99. The first kappa shape index (κ1) is 13.5. The lowest BCUT2D eigenvalue weighted by atomic mass is 10.2. The van der Waals surface area contributed by atoms with Crippen molar-refractivity contribution in [2.75, 3.05) is 0 Å². The van der Waals surface area contributed by atoms with E-state index < -0.39 is 11.8 Å². The molecule has 0 heterocycles. The first-order valence-electron chi connectivity index (χ1n) is 5.46. The standard InChI is InChI=1S/C14H10F2O2S/c15-10-3-1-9(2-4-10)8-19-13-6-5-11(16)7-12(13)14(17)18/h1-7H,8H2,(H,17,18). The molecule has 1 N–H and O–H groups in total. The van der Waals surface area contributed by atoms with Gasteiger partial charge in [-0.1, -0.05) is 12.1 Å². The van der Waals surface area contributed by atoms with Crippen molar-refractivity contribution in [2.24, 2.45) is 0 Å². The highest BCUT2D eigenvalue weighted by molar-refractivity contribution is 7.98. The molecule has 19 heavy (non-hydrogen) atoms. The van der Waals surface area contributed by atoms with Crippen LogP contribution in [0, 0.1) is 11.6 Å². The van der Waals surface area contributed by atoms with Crippen LogP contribution in [0.4, 0.5) is 8.78 Å². The Labute approximate surface area is 113 Å². The van der Waals surface area contributed by atoms with Crippen molar-refractivity contribution in [1.29, 1.82) is 0 Å². The summed E-state index contributed by atoms with van der Waals surface area (Å²) in [6.07, 6.45) is 0. The molecule has 0 radical (unpaired) electrons. The number of rotatable bonds is 4. The third kappa shape index (κ3) is 3.54. The summed E-state index contributed by atoms with van der Waals surface area (Å²) in [4.78, 5) is 11.5. The second-order valence-electron chi connectivity index (χ2n) is 3.86. The van der Waals surface area contributed by atoms with Gasteiger partial charge in [-0.05, 0) is 35.9 Å². The van der Waals surface area contributed by atoms with Crippen molar-refractivity contribution < 1.29 is 18.7 Å². The fourth-order valence-corrected chi connectivity index (χ4v) is 2.52. The van der Waals surface area contributed by atoms with Crippen molar-refractivity contribution in [1.82, 2.24) is 0 Å². The fraction of sp³-hybridized carbons (Fsp3) is 0.0714. The zero-order chi connectivity index (χ0) is 13.8. The molecular formula is C14H10F2O2S. The minimum Gasteiger partial charge on any atom is -0.478 e. The van der Waals surface area contributed by atoms with Crippen LogP contribution in [-0.4, -0.2) is 11.1 Å². The monoisotopic (exact) mass is 280 g/mol. The Morgan fingerprint density at radius 1 is 1.05 bits per heavy atom. The lowest BCUT2D eigenvalue weighted by Gasteiger charge is -2.06. The Morgan fingerprint density at radius 2 is 1.68 bits per heavy atom. The molecule has 0 unspecified atom stereocenters. The largest absolute Gasteiger partial charge is 0.478 e. The SMILES string of the molecule is O=C(O)c1cc(F)ccc1SCc1ccc(F)cc1. The van der Waals surface area contributed by atoms with E-state index in [9.17, 15) is 13.6 Å². The van der Waals surface area contributed by atoms with E-state index in [0.717, 1.165) is 11.6 Å². The third-order valence-corrected chi connectivity index (χ3v) is 3.62. The molecule has 0 bridgehead atoms. The van der Waals surface area contributed by atoms with Crippen molar-refractivity contribution >= 4 is 17.7 Å². The molecular weight excluding hydrogens is 270 g/mol. The molecule has 98 valence electrons. The lowest BCUT2D eigenvalue weighted by Crippen LogP contribution is -1.99. The molecule has 0 fully saturated rings. The summed E-state index contributed by atoms with van der Waals surface area (Å²) in [5.74, 6) is -1.57. The van der Waals surface area contributed by atoms with Gasteiger partial charge in [0, 0.05) is 10.6 Å². The molecule has 0 saturated heterocycles. The molecule has 0 spiro atoms. The maximum atomic E-state index is 13.0. The van der Waals surface area contributed by atoms with Crippen molar-refractivity contribution in [3.63, 3.8) is 0 Å². The second kappa shape index (κ2) is 5.84. The number of hydrogen-bond acceptors (Lipinski definition) is 2. The molecule has 0 aliphatic heterocycles. The first-order chi connectivity index (χ1) is 9.06. The van der Waals surface area contributed by atoms with Crippen LogP contribution in [-0.2, 0) is 5.75 Å². The summed E-state index contributed by atoms with van der Waals surface area (Å²) < 4.78 is 25.7. The summed E-state index contributed by atoms with van der Waals surface area (Å²) in [5.41, 5.74) is 0.805. The predicted octanol–water partition coefficient (Wildman–Crippen LogP) is 3.96. The van der Waals surface area contributed by atoms with Gasteiger partial charge < -0.3 is 5.11 Å². The van der Waals surface area contributed by atoms with Gasteiger partial charge in [0.15, 0.2) is 0 Å². The van der Waals surface area contributed by atoms with E-state index in [4.69, 9.17) is 5.11 Å². The van der Waals surface area contributed by atoms with E-state index in [1.165, 1.54) is 36.0 Å². The Kier molecular flexibility index (Phi) is 4.16. The first-order valence-corrected chi connectivity index (χ1v) is 6.45. The van der Waals surface area contributed by atoms with Crippen molar-refractivity contribution in [3.05, 3.63) is 65.2 Å². The van der Waals surface area contributed by atoms with Crippen molar-refractivity contribution in [2.45, 2.75) is 10.6 Å². The Bertz CT molecular complexity index is 597. The van der Waals surface area contributed by atoms with Gasteiger partial charge in [0.05, 0.1) is 5.56 Å². The van der Waals surface area contributed by atoms with E-state index >= 15 is 0 Å². The van der Waals surface area contributed by atoms with Gasteiger partial charge in [-0.25, -0.2) is 13.6 Å². The predicted molar refractivity (Wildman–Crippen MR) is 69.3 cm³/mol. The quantitative estimate of drug-likeness (QED) is 0.861. The average Bonchev–Trinajstić information content (AvgIpc) is 2.39. The maximum Gasteiger partial charge on any atom is 0.336 e. The van der Waals surface area contributed by atoms with E-state index in [0.29, 0.717) is 10.6 Å². The zero-order valence-electron chi connectivity index (χ0n) is 9.77. The van der Waals surface area contributed by atoms with E-state index in [2.05, 4.69) is 0 Å². The Hall–Kier alpha value is -1.88. The van der Waals surface area contributed by atoms with Crippen LogP contribution >= 0.6 is 11.8 Å². The molecule has 0 aliphatic carbocycles. The number of thioether (sulfide) groups is 1. The van der Waals surface area contributed by atoms with Crippen LogP contribution in [0.2, 0.25) is 0 Å². The smallest absolute Gasteiger partial charge is 0.336 e. The number of carboxylic acid groups (broad SMARTS) is 1. The van der Waals surface area contributed by atoms with Gasteiger partial charge >= 0.3 is 5.97 Å². The van der Waals surface area contributed by atoms with Gasteiger partial charge in [0.25, 0.3) is 0 Å². The zero-order valence-corrected chi connectivity index (χ0v) is 10.6. The summed E-state index contributed by atoms with van der Waals surface area (Å²) in [6, 6.07) is 9.61. The highest BCUT2D eigenvalue weighted by Gasteiger charge is 2.11. The van der Waals surface area contributed by atoms with Crippen LogP contribution in [0.1, 0.15) is 15.9 Å². The highest BCUT2D eigenvalue weighted by atomic mass is 32.2. The summed E-state index contributed by atoms with van der Waals surface area (Å²) in [6.45, 7) is 0. The Morgan fingerprint density at radius 3 is 2.32 bits per heavy atom. The summed E-state index contributed by atoms with van der Waals surface area (Å²) in [7, 11) is 0. The number of aromatic carboxylic acids is 1. The molecule has 0 atom stereocenters. The highest BCUT2D eigenvalue weighted by Crippen LogP contribution is 2.27. The molecule has 0 aromatic heterocycles. The average molecular weight is 280 g/mol. The minimum atomic E-state index is -1.17. The van der Waals surface area contributed by atoms with Gasteiger partial charge in [0.2, 0.25) is 0 Å². The Balaban J connectivity index is 2.15. The van der Waals surface area contributed by atoms with Crippen LogP contribution < -0.4 is 0 Å². The molecule has 2 aromatic rings. The number of benzene rings is 2. The van der Waals surface area contributed by atoms with Crippen LogP contribution in [0.25, 0.3) is 0 Å². The molecule has 0 amide bonds. The number of carbonyl (C=O) groups is 1. The maximum absolute atomic E-state index is 13.0. The van der Waals surface area contributed by atoms with Crippen molar-refractivity contribution in [3.8, 4) is 0 Å². The van der Waals surface area contributed by atoms with Gasteiger partial charge in [0.1, 0.15) is 11.6 Å². The molecule has 5 heteroatoms. The molecule has 2 rings (SSSR count).